The molecular formula is C17H25N5OS. The molecule has 7 heteroatoms. The van der Waals surface area contributed by atoms with Crippen LogP contribution < -0.4 is 5.32 Å². The molecule has 1 N–H and O–H groups in total. The number of rotatable bonds is 8. The van der Waals surface area contributed by atoms with Crippen molar-refractivity contribution in [1.29, 1.82) is 5.26 Å². The van der Waals surface area contributed by atoms with E-state index in [0.717, 1.165) is 23.8 Å². The molecule has 2 atom stereocenters. The fourth-order valence-corrected chi connectivity index (χ4v) is 3.07. The Kier molecular flexibility index (Phi) is 5.70. The lowest BCUT2D eigenvalue weighted by atomic mass is 9.90. The fourth-order valence-electron chi connectivity index (χ4n) is 2.20. The first-order valence-electron chi connectivity index (χ1n) is 8.26. The SMILES string of the molecule is C=CCn1c(SC(C)C(=O)NC(C)(C#N)C(C)C)nnc1C1CC1. The number of amides is 1. The Balaban J connectivity index is 2.09. The molecule has 0 radical (unpaired) electrons. The molecule has 6 nitrogen and oxygen atoms in total. The van der Waals surface area contributed by atoms with Gasteiger partial charge in [-0.1, -0.05) is 31.7 Å². The van der Waals surface area contributed by atoms with Crippen molar-refractivity contribution in [2.75, 3.05) is 0 Å². The average molecular weight is 347 g/mol. The van der Waals surface area contributed by atoms with Crippen molar-refractivity contribution in [3.63, 3.8) is 0 Å². The van der Waals surface area contributed by atoms with Gasteiger partial charge in [-0.15, -0.1) is 16.8 Å². The Morgan fingerprint density at radius 1 is 1.54 bits per heavy atom. The van der Waals surface area contributed by atoms with Gasteiger partial charge in [-0.2, -0.15) is 5.26 Å². The molecule has 0 saturated heterocycles. The number of thioether (sulfide) groups is 1. The van der Waals surface area contributed by atoms with Crippen LogP contribution in [0.25, 0.3) is 0 Å². The van der Waals surface area contributed by atoms with Gasteiger partial charge < -0.3 is 9.88 Å². The molecule has 1 fully saturated rings. The van der Waals surface area contributed by atoms with E-state index in [9.17, 15) is 10.1 Å². The maximum absolute atomic E-state index is 12.5. The molecule has 1 saturated carbocycles. The number of nitriles is 1. The fraction of sp³-hybridized carbons (Fsp3) is 0.647. The molecule has 1 aromatic heterocycles. The van der Waals surface area contributed by atoms with E-state index in [2.05, 4.69) is 28.2 Å². The van der Waals surface area contributed by atoms with Crippen LogP contribution in [0, 0.1) is 17.2 Å². The number of hydrogen-bond acceptors (Lipinski definition) is 5. The molecule has 1 heterocycles. The van der Waals surface area contributed by atoms with Crippen LogP contribution in [0.4, 0.5) is 0 Å². The Labute approximate surface area is 147 Å². The second-order valence-electron chi connectivity index (χ2n) is 6.73. The van der Waals surface area contributed by atoms with Gasteiger partial charge in [0.15, 0.2) is 5.16 Å². The largest absolute Gasteiger partial charge is 0.337 e. The van der Waals surface area contributed by atoms with Crippen LogP contribution in [-0.4, -0.2) is 31.5 Å². The zero-order valence-electron chi connectivity index (χ0n) is 14.7. The topological polar surface area (TPSA) is 83.6 Å². The highest BCUT2D eigenvalue weighted by Gasteiger charge is 2.33. The Hall–Kier alpha value is -1.81. The highest BCUT2D eigenvalue weighted by molar-refractivity contribution is 8.00. The standard InChI is InChI=1S/C17H25N5OS/c1-6-9-22-14(13-7-8-13)20-21-16(22)24-12(4)15(23)19-17(5,10-18)11(2)3/h6,11-13H,1,7-9H2,2-5H3,(H,19,23). The number of hydrogen-bond donors (Lipinski definition) is 1. The Morgan fingerprint density at radius 3 is 2.71 bits per heavy atom. The number of nitrogens with one attached hydrogen (secondary N) is 1. The normalized spacial score (nSPS) is 17.8. The predicted octanol–water partition coefficient (Wildman–Crippen LogP) is 2.88. The summed E-state index contributed by atoms with van der Waals surface area (Å²) in [5, 5.41) is 21.1. The van der Waals surface area contributed by atoms with Crippen LogP contribution in [0.5, 0.6) is 0 Å². The molecule has 1 aromatic rings. The second-order valence-corrected chi connectivity index (χ2v) is 8.04. The average Bonchev–Trinajstić information content (AvgIpc) is 3.31. The quantitative estimate of drug-likeness (QED) is 0.577. The van der Waals surface area contributed by atoms with E-state index in [4.69, 9.17) is 0 Å². The van der Waals surface area contributed by atoms with E-state index >= 15 is 0 Å². The first-order valence-corrected chi connectivity index (χ1v) is 9.14. The highest BCUT2D eigenvalue weighted by Crippen LogP contribution is 2.40. The van der Waals surface area contributed by atoms with E-state index in [0.29, 0.717) is 12.5 Å². The van der Waals surface area contributed by atoms with Crippen molar-refractivity contribution in [3.05, 3.63) is 18.5 Å². The van der Waals surface area contributed by atoms with Crippen molar-refractivity contribution in [1.82, 2.24) is 20.1 Å². The Morgan fingerprint density at radius 2 is 2.21 bits per heavy atom. The number of carbonyl (C=O) groups is 1. The third-order valence-electron chi connectivity index (χ3n) is 4.42. The van der Waals surface area contributed by atoms with E-state index in [1.54, 1.807) is 6.92 Å². The first kappa shape index (κ1) is 18.5. The summed E-state index contributed by atoms with van der Waals surface area (Å²) >= 11 is 1.37. The van der Waals surface area contributed by atoms with E-state index in [1.165, 1.54) is 11.8 Å². The minimum atomic E-state index is -0.875. The summed E-state index contributed by atoms with van der Waals surface area (Å²) in [4.78, 5) is 12.5. The summed E-state index contributed by atoms with van der Waals surface area (Å²) in [6.45, 7) is 11.8. The van der Waals surface area contributed by atoms with Crippen molar-refractivity contribution in [3.8, 4) is 6.07 Å². The smallest absolute Gasteiger partial charge is 0.234 e. The van der Waals surface area contributed by atoms with Crippen LogP contribution in [0.3, 0.4) is 0 Å². The van der Waals surface area contributed by atoms with Gasteiger partial charge in [0.2, 0.25) is 5.91 Å². The molecule has 0 bridgehead atoms. The maximum Gasteiger partial charge on any atom is 0.234 e. The maximum atomic E-state index is 12.5. The van der Waals surface area contributed by atoms with Crippen LogP contribution in [0.2, 0.25) is 0 Å². The van der Waals surface area contributed by atoms with Gasteiger partial charge in [0.25, 0.3) is 0 Å². The third kappa shape index (κ3) is 3.99. The van der Waals surface area contributed by atoms with Crippen molar-refractivity contribution >= 4 is 17.7 Å². The molecule has 1 aliphatic rings. The minimum absolute atomic E-state index is 0.0227. The molecule has 0 aliphatic heterocycles. The zero-order chi connectivity index (χ0) is 17.9. The van der Waals surface area contributed by atoms with Gasteiger partial charge in [-0.3, -0.25) is 4.79 Å². The molecule has 1 amide bonds. The zero-order valence-corrected chi connectivity index (χ0v) is 15.6. The van der Waals surface area contributed by atoms with Crippen LogP contribution in [-0.2, 0) is 11.3 Å². The summed E-state index contributed by atoms with van der Waals surface area (Å²) < 4.78 is 2.03. The first-order chi connectivity index (χ1) is 11.3. The van der Waals surface area contributed by atoms with Gasteiger partial charge in [0.05, 0.1) is 11.3 Å². The van der Waals surface area contributed by atoms with E-state index in [1.807, 2.05) is 31.4 Å². The van der Waals surface area contributed by atoms with Crippen LogP contribution >= 0.6 is 11.8 Å². The number of nitrogens with zero attached hydrogens (tertiary/aromatic N) is 4. The summed E-state index contributed by atoms with van der Waals surface area (Å²) in [5.41, 5.74) is -0.875. The van der Waals surface area contributed by atoms with Gasteiger partial charge in [-0.05, 0) is 32.6 Å². The van der Waals surface area contributed by atoms with Crippen LogP contribution in [0.1, 0.15) is 52.3 Å². The third-order valence-corrected chi connectivity index (χ3v) is 5.50. The van der Waals surface area contributed by atoms with E-state index < -0.39 is 5.54 Å². The number of allylic oxidation sites excluding steroid dienone is 1. The summed E-state index contributed by atoms with van der Waals surface area (Å²) in [6, 6.07) is 2.20. The molecule has 130 valence electrons. The molecule has 24 heavy (non-hydrogen) atoms. The summed E-state index contributed by atoms with van der Waals surface area (Å²) in [5.74, 6) is 1.32. The molecule has 2 rings (SSSR count). The van der Waals surface area contributed by atoms with Gasteiger partial charge >= 0.3 is 0 Å². The van der Waals surface area contributed by atoms with Crippen molar-refractivity contribution in [2.45, 2.75) is 68.9 Å². The lowest BCUT2D eigenvalue weighted by molar-refractivity contribution is -0.121. The highest BCUT2D eigenvalue weighted by atomic mass is 32.2. The van der Waals surface area contributed by atoms with Gasteiger partial charge in [0.1, 0.15) is 11.4 Å². The minimum Gasteiger partial charge on any atom is -0.337 e. The molecule has 0 aromatic carbocycles. The molecule has 1 aliphatic carbocycles. The summed E-state index contributed by atoms with van der Waals surface area (Å²) in [7, 11) is 0. The predicted molar refractivity (Wildman–Crippen MR) is 94.5 cm³/mol. The summed E-state index contributed by atoms with van der Waals surface area (Å²) in [6.07, 6.45) is 4.10. The second kappa shape index (κ2) is 7.39. The lowest BCUT2D eigenvalue weighted by Crippen LogP contribution is -2.51. The number of carbonyl (C=O) groups excluding carboxylic acids is 1. The Bertz CT molecular complexity index is 658. The molecule has 2 unspecified atom stereocenters. The lowest BCUT2D eigenvalue weighted by Gasteiger charge is -2.28. The van der Waals surface area contributed by atoms with Crippen LogP contribution in [0.15, 0.2) is 17.8 Å². The van der Waals surface area contributed by atoms with E-state index in [-0.39, 0.29) is 17.1 Å². The monoisotopic (exact) mass is 347 g/mol. The molecule has 0 spiro atoms. The van der Waals surface area contributed by atoms with Gasteiger partial charge in [-0.25, -0.2) is 0 Å². The van der Waals surface area contributed by atoms with Gasteiger partial charge in [0, 0.05) is 12.5 Å². The van der Waals surface area contributed by atoms with Crippen molar-refractivity contribution < 1.29 is 4.79 Å². The molecular weight excluding hydrogens is 322 g/mol. The number of aromatic nitrogens is 3. The van der Waals surface area contributed by atoms with Crippen molar-refractivity contribution in [2.24, 2.45) is 5.92 Å².